The number of alkyl halides is 3. The highest BCUT2D eigenvalue weighted by atomic mass is 35.5. The van der Waals surface area contributed by atoms with Crippen LogP contribution < -0.4 is 25.8 Å². The Labute approximate surface area is 189 Å². The summed E-state index contributed by atoms with van der Waals surface area (Å²) in [4.78, 5) is 13.2. The maximum Gasteiger partial charge on any atom is 0.417 e. The number of likely N-dealkylation sites (N-methyl/N-ethyl adjacent to an activating group) is 1. The van der Waals surface area contributed by atoms with Crippen molar-refractivity contribution in [3.63, 3.8) is 0 Å². The van der Waals surface area contributed by atoms with E-state index >= 15 is 0 Å². The van der Waals surface area contributed by atoms with Crippen LogP contribution in [0.2, 0.25) is 5.02 Å². The summed E-state index contributed by atoms with van der Waals surface area (Å²) in [6.45, 7) is 5.34. The fraction of sp³-hybridized carbons (Fsp3) is 0.500. The van der Waals surface area contributed by atoms with Crippen LogP contribution in [0.4, 0.5) is 24.8 Å². The summed E-state index contributed by atoms with van der Waals surface area (Å²) in [5.41, 5.74) is 5.30. The van der Waals surface area contributed by atoms with Gasteiger partial charge in [-0.3, -0.25) is 5.43 Å². The second-order valence-corrected chi connectivity index (χ2v) is 8.46. The summed E-state index contributed by atoms with van der Waals surface area (Å²) in [6.07, 6.45) is -3.82. The molecule has 2 aliphatic rings. The zero-order chi connectivity index (χ0) is 22.9. The van der Waals surface area contributed by atoms with Gasteiger partial charge in [-0.15, -0.1) is 0 Å². The first-order chi connectivity index (χ1) is 15.2. The number of halogens is 4. The van der Waals surface area contributed by atoms with Gasteiger partial charge in [-0.1, -0.05) is 11.6 Å². The van der Waals surface area contributed by atoms with Crippen molar-refractivity contribution in [2.24, 2.45) is 0 Å². The van der Waals surface area contributed by atoms with Crippen LogP contribution in [0.5, 0.6) is 11.8 Å². The molecule has 0 spiro atoms. The molecule has 2 saturated heterocycles. The van der Waals surface area contributed by atoms with Crippen molar-refractivity contribution >= 4 is 23.2 Å². The Morgan fingerprint density at radius 2 is 1.88 bits per heavy atom. The van der Waals surface area contributed by atoms with Crippen molar-refractivity contribution in [2.45, 2.75) is 31.7 Å². The molecule has 0 amide bonds. The summed E-state index contributed by atoms with van der Waals surface area (Å²) in [7, 11) is 2.05. The summed E-state index contributed by atoms with van der Waals surface area (Å²) in [5, 5.41) is 2.89. The van der Waals surface area contributed by atoms with E-state index in [-0.39, 0.29) is 24.0 Å². The Hall–Kier alpha value is -2.34. The van der Waals surface area contributed by atoms with Gasteiger partial charge in [-0.2, -0.15) is 23.1 Å². The molecule has 32 heavy (non-hydrogen) atoms. The van der Waals surface area contributed by atoms with E-state index in [1.54, 1.807) is 0 Å². The lowest BCUT2D eigenvalue weighted by Gasteiger charge is -2.33. The van der Waals surface area contributed by atoms with E-state index in [1.165, 1.54) is 6.07 Å². The Bertz CT molecular complexity index is 953. The van der Waals surface area contributed by atoms with E-state index in [2.05, 4.69) is 49.9 Å². The van der Waals surface area contributed by atoms with Crippen LogP contribution in [-0.2, 0) is 6.18 Å². The lowest BCUT2D eigenvalue weighted by molar-refractivity contribution is -0.137. The molecule has 0 saturated carbocycles. The molecule has 2 aliphatic heterocycles. The molecule has 3 N–H and O–H groups in total. The van der Waals surface area contributed by atoms with Gasteiger partial charge in [-0.05, 0) is 38.6 Å². The fourth-order valence-corrected chi connectivity index (χ4v) is 3.83. The number of nitrogens with zero attached hydrogens (tertiary/aromatic N) is 4. The fourth-order valence-electron chi connectivity index (χ4n) is 3.61. The highest BCUT2D eigenvalue weighted by Gasteiger charge is 2.33. The maximum absolute atomic E-state index is 13.2. The number of aromatic nitrogens is 2. The van der Waals surface area contributed by atoms with Crippen molar-refractivity contribution < 1.29 is 17.9 Å². The second kappa shape index (κ2) is 9.26. The molecular weight excluding hydrogens is 447 g/mol. The number of hydrogen-bond donors (Lipinski definition) is 3. The van der Waals surface area contributed by atoms with Crippen LogP contribution in [0, 0.1) is 0 Å². The number of hydrogen-bond acceptors (Lipinski definition) is 8. The number of ether oxygens (including phenoxy) is 1. The molecule has 1 aromatic heterocycles. The Balaban J connectivity index is 1.61. The molecular formula is C20H25ClF3N7O. The molecule has 2 fully saturated rings. The van der Waals surface area contributed by atoms with E-state index in [0.717, 1.165) is 44.7 Å². The smallest absolute Gasteiger partial charge is 0.417 e. The summed E-state index contributed by atoms with van der Waals surface area (Å²) < 4.78 is 45.3. The molecule has 8 nitrogen and oxygen atoms in total. The Morgan fingerprint density at radius 1 is 1.12 bits per heavy atom. The zero-order valence-corrected chi connectivity index (χ0v) is 18.5. The first-order valence-corrected chi connectivity index (χ1v) is 10.7. The lowest BCUT2D eigenvalue weighted by Crippen LogP contribution is -2.45. The number of hydrazine groups is 1. The Morgan fingerprint density at radius 3 is 2.53 bits per heavy atom. The summed E-state index contributed by atoms with van der Waals surface area (Å²) in [6, 6.07) is 5.44. The normalized spacial score (nSPS) is 22.2. The van der Waals surface area contributed by atoms with Gasteiger partial charge in [0.05, 0.1) is 16.8 Å². The minimum absolute atomic E-state index is 0.0432. The predicted molar refractivity (Wildman–Crippen MR) is 116 cm³/mol. The number of rotatable bonds is 5. The van der Waals surface area contributed by atoms with Crippen molar-refractivity contribution in [3.05, 3.63) is 34.9 Å². The van der Waals surface area contributed by atoms with E-state index < -0.39 is 16.8 Å². The van der Waals surface area contributed by atoms with E-state index in [1.807, 2.05) is 6.07 Å². The van der Waals surface area contributed by atoms with Crippen LogP contribution in [-0.4, -0.2) is 60.3 Å². The van der Waals surface area contributed by atoms with Gasteiger partial charge in [0, 0.05) is 38.3 Å². The van der Waals surface area contributed by atoms with Crippen molar-refractivity contribution in [3.8, 4) is 11.8 Å². The van der Waals surface area contributed by atoms with Gasteiger partial charge in [-0.25, -0.2) is 5.43 Å². The van der Waals surface area contributed by atoms with E-state index in [0.29, 0.717) is 11.6 Å². The van der Waals surface area contributed by atoms with Gasteiger partial charge in [0.15, 0.2) is 0 Å². The van der Waals surface area contributed by atoms with E-state index in [4.69, 9.17) is 16.3 Å². The van der Waals surface area contributed by atoms with Crippen LogP contribution in [0.3, 0.4) is 0 Å². The first-order valence-electron chi connectivity index (χ1n) is 10.3. The van der Waals surface area contributed by atoms with Gasteiger partial charge in [0.25, 0.3) is 0 Å². The minimum atomic E-state index is -4.59. The van der Waals surface area contributed by atoms with Crippen LogP contribution in [0.15, 0.2) is 24.3 Å². The molecule has 2 atom stereocenters. The third-order valence-corrected chi connectivity index (χ3v) is 5.72. The monoisotopic (exact) mass is 471 g/mol. The van der Waals surface area contributed by atoms with E-state index in [9.17, 15) is 13.2 Å². The molecule has 0 aliphatic carbocycles. The average molecular weight is 472 g/mol. The highest BCUT2D eigenvalue weighted by molar-refractivity contribution is 6.31. The quantitative estimate of drug-likeness (QED) is 0.613. The largest absolute Gasteiger partial charge is 0.424 e. The van der Waals surface area contributed by atoms with Crippen LogP contribution in [0.1, 0.15) is 18.9 Å². The maximum atomic E-state index is 13.2. The average Bonchev–Trinajstić information content (AvgIpc) is 3.13. The lowest BCUT2D eigenvalue weighted by atomic mass is 10.2. The molecule has 0 radical (unpaired) electrons. The van der Waals surface area contributed by atoms with Gasteiger partial charge in [0.2, 0.25) is 0 Å². The molecule has 2 unspecified atom stereocenters. The molecule has 1 aromatic carbocycles. The van der Waals surface area contributed by atoms with Gasteiger partial charge < -0.3 is 19.9 Å². The van der Waals surface area contributed by atoms with Crippen molar-refractivity contribution in [2.75, 3.05) is 43.4 Å². The molecule has 3 heterocycles. The summed E-state index contributed by atoms with van der Waals surface area (Å²) >= 11 is 5.71. The Kier molecular flexibility index (Phi) is 6.61. The topological polar surface area (TPSA) is 77.6 Å². The molecule has 174 valence electrons. The number of piperazine rings is 1. The number of anilines is 2. The number of benzene rings is 1. The molecule has 12 heteroatoms. The van der Waals surface area contributed by atoms with Crippen molar-refractivity contribution in [1.29, 1.82) is 0 Å². The highest BCUT2D eigenvalue weighted by Crippen LogP contribution is 2.37. The third kappa shape index (κ3) is 5.52. The third-order valence-electron chi connectivity index (χ3n) is 5.39. The van der Waals surface area contributed by atoms with Crippen LogP contribution in [0.25, 0.3) is 0 Å². The molecule has 4 rings (SSSR count). The first kappa shape index (κ1) is 22.8. The second-order valence-electron chi connectivity index (χ2n) is 8.05. The van der Waals surface area contributed by atoms with Crippen LogP contribution >= 0.6 is 11.6 Å². The van der Waals surface area contributed by atoms with Gasteiger partial charge >= 0.3 is 12.2 Å². The molecule has 2 aromatic rings. The summed E-state index contributed by atoms with van der Waals surface area (Å²) in [5.74, 6) is 1.12. The predicted octanol–water partition coefficient (Wildman–Crippen LogP) is 3.32. The number of nitrogens with one attached hydrogen (secondary N) is 3. The standard InChI is InChI=1S/C20H25ClF3N7O/c1-12-9-17(29-28-12)25-16-11-18(31-7-5-30(2)6-8-31)27-19(26-16)32-13-3-4-15(21)14(10-13)20(22,23)24/h3-4,10-12,17,28-29H,5-9H2,1-2H3,(H,25,26,27). The van der Waals surface area contributed by atoms with Crippen molar-refractivity contribution in [1.82, 2.24) is 25.7 Å². The van der Waals surface area contributed by atoms with Gasteiger partial charge in [0.1, 0.15) is 17.4 Å². The SMILES string of the molecule is CC1CC(Nc2cc(N3CCN(C)CC3)nc(Oc3ccc(Cl)c(C(F)(F)F)c3)n2)NN1. The molecule has 0 bridgehead atoms. The zero-order valence-electron chi connectivity index (χ0n) is 17.7. The minimum Gasteiger partial charge on any atom is -0.424 e.